The van der Waals surface area contributed by atoms with Crippen LogP contribution >= 0.6 is 35.0 Å². The maximum Gasteiger partial charge on any atom is 0.256 e. The summed E-state index contributed by atoms with van der Waals surface area (Å²) in [5, 5.41) is 7.66. The molecule has 1 aromatic heterocycles. The molecule has 5 rings (SSSR count). The van der Waals surface area contributed by atoms with Crippen LogP contribution in [0.25, 0.3) is 11.6 Å². The molecule has 9 heteroatoms. The molecule has 3 aromatic rings. The van der Waals surface area contributed by atoms with Crippen molar-refractivity contribution in [3.63, 3.8) is 0 Å². The second-order valence-electron chi connectivity index (χ2n) is 9.67. The van der Waals surface area contributed by atoms with Crippen LogP contribution in [0, 0.1) is 6.92 Å². The lowest BCUT2D eigenvalue weighted by Gasteiger charge is -2.36. The average Bonchev–Trinajstić information content (AvgIpc) is 3.36. The van der Waals surface area contributed by atoms with Gasteiger partial charge < -0.3 is 20.5 Å². The summed E-state index contributed by atoms with van der Waals surface area (Å²) in [7, 11) is 0. The van der Waals surface area contributed by atoms with E-state index in [9.17, 15) is 9.59 Å². The number of nitrogens with zero attached hydrogens (tertiary/aromatic N) is 1. The van der Waals surface area contributed by atoms with E-state index >= 15 is 0 Å². The van der Waals surface area contributed by atoms with Gasteiger partial charge in [0.1, 0.15) is 0 Å². The molecular weight excluding hydrogens is 527 g/mol. The molecule has 2 amide bonds. The highest BCUT2D eigenvalue weighted by Crippen LogP contribution is 2.38. The van der Waals surface area contributed by atoms with Crippen molar-refractivity contribution in [2.24, 2.45) is 0 Å². The number of carbonyl (C=O) groups excluding carboxylic acids is 2. The zero-order valence-corrected chi connectivity index (χ0v) is 23.2. The van der Waals surface area contributed by atoms with Gasteiger partial charge in [-0.2, -0.15) is 0 Å². The van der Waals surface area contributed by atoms with Gasteiger partial charge in [0.15, 0.2) is 0 Å². The molecular formula is C28H28Cl2N4O2S. The molecule has 1 fully saturated rings. The van der Waals surface area contributed by atoms with E-state index in [0.717, 1.165) is 27.4 Å². The van der Waals surface area contributed by atoms with Crippen molar-refractivity contribution < 1.29 is 9.59 Å². The van der Waals surface area contributed by atoms with Gasteiger partial charge in [-0.3, -0.25) is 9.59 Å². The van der Waals surface area contributed by atoms with Crippen molar-refractivity contribution in [1.82, 2.24) is 15.2 Å². The van der Waals surface area contributed by atoms with Crippen LogP contribution in [0.4, 0.5) is 5.69 Å². The zero-order chi connectivity index (χ0) is 26.3. The predicted molar refractivity (Wildman–Crippen MR) is 152 cm³/mol. The summed E-state index contributed by atoms with van der Waals surface area (Å²) >= 11 is 14.3. The Hall–Kier alpha value is -2.71. The van der Waals surface area contributed by atoms with Crippen molar-refractivity contribution in [3.05, 3.63) is 80.6 Å². The van der Waals surface area contributed by atoms with Gasteiger partial charge in [-0.05, 0) is 68.8 Å². The third-order valence-corrected chi connectivity index (χ3v) is 8.29. The van der Waals surface area contributed by atoms with Gasteiger partial charge in [-0.1, -0.05) is 29.3 Å². The molecule has 3 N–H and O–H groups in total. The van der Waals surface area contributed by atoms with Crippen LogP contribution in [0.2, 0.25) is 10.0 Å². The molecule has 192 valence electrons. The Morgan fingerprint density at radius 1 is 1.11 bits per heavy atom. The van der Waals surface area contributed by atoms with Crippen molar-refractivity contribution in [2.45, 2.75) is 43.5 Å². The van der Waals surface area contributed by atoms with Gasteiger partial charge in [-0.25, -0.2) is 0 Å². The van der Waals surface area contributed by atoms with Crippen molar-refractivity contribution in [1.29, 1.82) is 0 Å². The first-order valence-corrected chi connectivity index (χ1v) is 13.9. The van der Waals surface area contributed by atoms with Crippen LogP contribution < -0.4 is 10.6 Å². The smallest absolute Gasteiger partial charge is 0.256 e. The number of hydrogen-bond donors (Lipinski definition) is 3. The highest BCUT2D eigenvalue weighted by atomic mass is 35.5. The number of aromatic amines is 1. The van der Waals surface area contributed by atoms with Crippen LogP contribution in [-0.2, 0) is 10.5 Å². The number of amides is 2. The number of benzene rings is 2. The first kappa shape index (κ1) is 25.9. The summed E-state index contributed by atoms with van der Waals surface area (Å²) in [5.41, 5.74) is 5.03. The summed E-state index contributed by atoms with van der Waals surface area (Å²) in [5.74, 6) is 0.380. The fourth-order valence-corrected chi connectivity index (χ4v) is 6.61. The number of fused-ring (bicyclic) bond motifs is 1. The Morgan fingerprint density at radius 2 is 1.81 bits per heavy atom. The Morgan fingerprint density at radius 3 is 2.51 bits per heavy atom. The number of thioether (sulfide) groups is 1. The summed E-state index contributed by atoms with van der Waals surface area (Å²) in [6.45, 7) is 7.36. The monoisotopic (exact) mass is 554 g/mol. The van der Waals surface area contributed by atoms with Crippen LogP contribution in [-0.4, -0.2) is 46.9 Å². The van der Waals surface area contributed by atoms with E-state index in [4.69, 9.17) is 23.2 Å². The molecule has 2 atom stereocenters. The molecule has 37 heavy (non-hydrogen) atoms. The van der Waals surface area contributed by atoms with E-state index in [2.05, 4.69) is 29.5 Å². The lowest BCUT2D eigenvalue weighted by atomic mass is 10.0. The van der Waals surface area contributed by atoms with E-state index in [1.165, 1.54) is 0 Å². The summed E-state index contributed by atoms with van der Waals surface area (Å²) in [6, 6.07) is 13.6. The Bertz CT molecular complexity index is 1390. The molecule has 2 aliphatic heterocycles. The predicted octanol–water partition coefficient (Wildman–Crippen LogP) is 6.24. The zero-order valence-electron chi connectivity index (χ0n) is 20.8. The minimum absolute atomic E-state index is 0.0315. The SMILES string of the molecule is Cc1cc(C(=O)N2CC(C)NC(C)C2)c(/C=C2\C(=O)Nc3ccc(SCc4c(Cl)cccc4Cl)cc32)[nH]1. The molecule has 0 bridgehead atoms. The van der Waals surface area contributed by atoms with Crippen LogP contribution in [0.1, 0.15) is 46.7 Å². The highest BCUT2D eigenvalue weighted by Gasteiger charge is 2.29. The first-order valence-electron chi connectivity index (χ1n) is 12.2. The molecule has 0 radical (unpaired) electrons. The van der Waals surface area contributed by atoms with E-state index < -0.39 is 0 Å². The van der Waals surface area contributed by atoms with Gasteiger partial charge >= 0.3 is 0 Å². The molecule has 2 aliphatic rings. The van der Waals surface area contributed by atoms with Crippen LogP contribution in [0.15, 0.2) is 47.4 Å². The van der Waals surface area contributed by atoms with Gasteiger partial charge in [0.25, 0.3) is 11.8 Å². The Balaban J connectivity index is 1.43. The van der Waals surface area contributed by atoms with Gasteiger partial charge in [0.2, 0.25) is 0 Å². The van der Waals surface area contributed by atoms with E-state index in [1.807, 2.05) is 54.3 Å². The van der Waals surface area contributed by atoms with Crippen LogP contribution in [0.3, 0.4) is 0 Å². The molecule has 3 heterocycles. The number of anilines is 1. The minimum atomic E-state index is -0.193. The lowest BCUT2D eigenvalue weighted by molar-refractivity contribution is -0.110. The molecule has 2 aromatic carbocycles. The largest absolute Gasteiger partial charge is 0.358 e. The van der Waals surface area contributed by atoms with Gasteiger partial charge in [0.05, 0.1) is 16.8 Å². The van der Waals surface area contributed by atoms with Crippen LogP contribution in [0.5, 0.6) is 0 Å². The van der Waals surface area contributed by atoms with Gasteiger partial charge in [0, 0.05) is 62.8 Å². The molecule has 0 spiro atoms. The fraction of sp³-hybridized carbons (Fsp3) is 0.286. The number of piperazine rings is 1. The second kappa shape index (κ2) is 10.6. The number of halogens is 2. The molecule has 1 saturated heterocycles. The Labute approximate surface area is 230 Å². The number of hydrogen-bond acceptors (Lipinski definition) is 4. The molecule has 2 unspecified atom stereocenters. The topological polar surface area (TPSA) is 77.2 Å². The standard InChI is InChI=1S/C28H28Cl2N4O2S/c1-15-9-21(28(36)34-12-16(2)31-17(3)13-34)26(32-15)11-20-19-10-18(7-8-25(19)33-27(20)35)37-14-22-23(29)5-4-6-24(22)30/h4-11,16-17,31-32H,12-14H2,1-3H3,(H,33,35)/b20-11-. The summed E-state index contributed by atoms with van der Waals surface area (Å²) in [6.07, 6.45) is 1.79. The first-order chi connectivity index (χ1) is 17.7. The van der Waals surface area contributed by atoms with Crippen molar-refractivity contribution >= 4 is 64.1 Å². The number of aryl methyl sites for hydroxylation is 1. The normalized spacial score (nSPS) is 20.3. The average molecular weight is 556 g/mol. The number of aromatic nitrogens is 1. The maximum atomic E-state index is 13.5. The fourth-order valence-electron chi connectivity index (χ4n) is 4.93. The Kier molecular flexibility index (Phi) is 7.41. The number of H-pyrrole nitrogens is 1. The number of rotatable bonds is 5. The van der Waals surface area contributed by atoms with E-state index in [-0.39, 0.29) is 23.9 Å². The summed E-state index contributed by atoms with van der Waals surface area (Å²) < 4.78 is 0. The quantitative estimate of drug-likeness (QED) is 0.258. The third-order valence-electron chi connectivity index (χ3n) is 6.57. The van der Waals surface area contributed by atoms with Gasteiger partial charge in [-0.15, -0.1) is 11.8 Å². The number of nitrogens with one attached hydrogen (secondary N) is 3. The third kappa shape index (κ3) is 5.46. The van der Waals surface area contributed by atoms with E-state index in [0.29, 0.717) is 45.7 Å². The highest BCUT2D eigenvalue weighted by molar-refractivity contribution is 7.98. The van der Waals surface area contributed by atoms with Crippen molar-refractivity contribution in [2.75, 3.05) is 18.4 Å². The number of carbonyl (C=O) groups is 2. The molecule has 6 nitrogen and oxygen atoms in total. The molecule has 0 saturated carbocycles. The van der Waals surface area contributed by atoms with Crippen molar-refractivity contribution in [3.8, 4) is 0 Å². The summed E-state index contributed by atoms with van der Waals surface area (Å²) in [4.78, 5) is 32.6. The minimum Gasteiger partial charge on any atom is -0.358 e. The van der Waals surface area contributed by atoms with E-state index in [1.54, 1.807) is 17.8 Å². The molecule has 0 aliphatic carbocycles. The lowest BCUT2D eigenvalue weighted by Crippen LogP contribution is -2.55. The second-order valence-corrected chi connectivity index (χ2v) is 11.5. The maximum absolute atomic E-state index is 13.5.